The van der Waals surface area contributed by atoms with E-state index in [0.717, 1.165) is 29.6 Å². The molecule has 0 spiro atoms. The smallest absolute Gasteiger partial charge is 0.137 e. The zero-order valence-corrected chi connectivity index (χ0v) is 11.6. The van der Waals surface area contributed by atoms with E-state index in [4.69, 9.17) is 4.74 Å². The maximum Gasteiger partial charge on any atom is 0.137 e. The van der Waals surface area contributed by atoms with E-state index in [1.54, 1.807) is 12.4 Å². The van der Waals surface area contributed by atoms with Gasteiger partial charge in [0.05, 0.1) is 18.9 Å². The number of pyridine rings is 1. The Bertz CT molecular complexity index is 435. The van der Waals surface area contributed by atoms with Crippen LogP contribution in [0.4, 0.5) is 0 Å². The Morgan fingerprint density at radius 2 is 2.26 bits per heavy atom. The molecule has 0 amide bonds. The number of hydrogen-bond donors (Lipinski definition) is 1. The second kappa shape index (κ2) is 5.49. The van der Waals surface area contributed by atoms with Gasteiger partial charge in [-0.2, -0.15) is 0 Å². The highest BCUT2D eigenvalue weighted by Gasteiger charge is 2.43. The Hall–Kier alpha value is -1.09. The largest absolute Gasteiger partial charge is 0.492 e. The summed E-state index contributed by atoms with van der Waals surface area (Å²) in [4.78, 5) is 4.21. The van der Waals surface area contributed by atoms with Crippen LogP contribution in [0.25, 0.3) is 0 Å². The molecule has 0 radical (unpaired) electrons. The molecule has 104 valence electrons. The van der Waals surface area contributed by atoms with Gasteiger partial charge in [0.1, 0.15) is 5.75 Å². The van der Waals surface area contributed by atoms with Gasteiger partial charge < -0.3 is 9.84 Å². The first-order valence-electron chi connectivity index (χ1n) is 7.53. The van der Waals surface area contributed by atoms with Crippen LogP contribution in [0.1, 0.15) is 50.7 Å². The van der Waals surface area contributed by atoms with Crippen LogP contribution in [0, 0.1) is 17.8 Å². The lowest BCUT2D eigenvalue weighted by Crippen LogP contribution is -2.19. The van der Waals surface area contributed by atoms with Crippen molar-refractivity contribution in [1.82, 2.24) is 4.98 Å². The number of aliphatic hydroxyl groups is 1. The molecule has 2 aliphatic rings. The van der Waals surface area contributed by atoms with Crippen molar-refractivity contribution in [3.05, 3.63) is 24.0 Å². The van der Waals surface area contributed by atoms with Crippen LogP contribution in [0.15, 0.2) is 18.5 Å². The highest BCUT2D eigenvalue weighted by Crippen LogP contribution is 2.52. The van der Waals surface area contributed by atoms with E-state index in [2.05, 4.69) is 11.9 Å². The standard InChI is InChI=1S/C16H23NO2/c1-2-5-19-14-8-13(9-17-10-14)16(18)15-7-11-3-4-12(15)6-11/h8-12,15-16,18H,2-7H2,1H3. The molecule has 2 bridgehead atoms. The molecule has 3 heteroatoms. The van der Waals surface area contributed by atoms with E-state index in [1.165, 1.54) is 25.7 Å². The van der Waals surface area contributed by atoms with Crippen LogP contribution in [0.2, 0.25) is 0 Å². The average Bonchev–Trinajstić information content (AvgIpc) is 3.07. The number of hydrogen-bond acceptors (Lipinski definition) is 3. The van der Waals surface area contributed by atoms with Crippen LogP contribution in [-0.4, -0.2) is 16.7 Å². The van der Waals surface area contributed by atoms with Crippen LogP contribution in [-0.2, 0) is 0 Å². The van der Waals surface area contributed by atoms with Gasteiger partial charge in [0.15, 0.2) is 0 Å². The van der Waals surface area contributed by atoms with E-state index < -0.39 is 0 Å². The molecule has 19 heavy (non-hydrogen) atoms. The first-order valence-corrected chi connectivity index (χ1v) is 7.53. The number of rotatable bonds is 5. The molecule has 0 aliphatic heterocycles. The van der Waals surface area contributed by atoms with Crippen molar-refractivity contribution in [3.63, 3.8) is 0 Å². The summed E-state index contributed by atoms with van der Waals surface area (Å²) in [6.45, 7) is 2.79. The lowest BCUT2D eigenvalue weighted by molar-refractivity contribution is 0.0739. The first-order chi connectivity index (χ1) is 9.28. The van der Waals surface area contributed by atoms with E-state index in [9.17, 15) is 5.11 Å². The van der Waals surface area contributed by atoms with Crippen LogP contribution < -0.4 is 4.74 Å². The van der Waals surface area contributed by atoms with E-state index in [0.29, 0.717) is 12.5 Å². The van der Waals surface area contributed by atoms with Gasteiger partial charge in [0.25, 0.3) is 0 Å². The minimum absolute atomic E-state index is 0.368. The van der Waals surface area contributed by atoms with E-state index >= 15 is 0 Å². The zero-order valence-electron chi connectivity index (χ0n) is 11.6. The third-order valence-corrected chi connectivity index (χ3v) is 4.75. The number of aliphatic hydroxyl groups excluding tert-OH is 1. The summed E-state index contributed by atoms with van der Waals surface area (Å²) in [6.07, 6.45) is 9.31. The Balaban J connectivity index is 1.70. The summed E-state index contributed by atoms with van der Waals surface area (Å²) < 4.78 is 5.60. The molecule has 0 saturated heterocycles. The molecule has 1 heterocycles. The molecule has 2 aliphatic carbocycles. The number of fused-ring (bicyclic) bond motifs is 2. The second-order valence-electron chi connectivity index (χ2n) is 6.09. The van der Waals surface area contributed by atoms with Crippen LogP contribution >= 0.6 is 0 Å². The SMILES string of the molecule is CCCOc1cncc(C(O)C2CC3CCC2C3)c1. The Morgan fingerprint density at radius 1 is 1.37 bits per heavy atom. The van der Waals surface area contributed by atoms with Crippen molar-refractivity contribution < 1.29 is 9.84 Å². The first kappa shape index (κ1) is 12.9. The molecule has 1 N–H and O–H groups in total. The van der Waals surface area contributed by atoms with Gasteiger partial charge in [-0.15, -0.1) is 0 Å². The zero-order chi connectivity index (χ0) is 13.2. The number of nitrogens with zero attached hydrogens (tertiary/aromatic N) is 1. The van der Waals surface area contributed by atoms with E-state index in [-0.39, 0.29) is 6.10 Å². The molecule has 3 rings (SSSR count). The molecule has 1 aromatic rings. The predicted molar refractivity (Wildman–Crippen MR) is 73.9 cm³/mol. The summed E-state index contributed by atoms with van der Waals surface area (Å²) in [5.41, 5.74) is 0.922. The van der Waals surface area contributed by atoms with Crippen molar-refractivity contribution in [2.75, 3.05) is 6.61 Å². The van der Waals surface area contributed by atoms with Gasteiger partial charge in [-0.05, 0) is 49.5 Å². The van der Waals surface area contributed by atoms with Gasteiger partial charge in [-0.3, -0.25) is 4.98 Å². The van der Waals surface area contributed by atoms with Crippen molar-refractivity contribution in [2.45, 2.75) is 45.1 Å². The third kappa shape index (κ3) is 2.62. The van der Waals surface area contributed by atoms with Gasteiger partial charge in [0, 0.05) is 11.8 Å². The fourth-order valence-electron chi connectivity index (χ4n) is 3.82. The summed E-state index contributed by atoms with van der Waals surface area (Å²) in [7, 11) is 0. The third-order valence-electron chi connectivity index (χ3n) is 4.75. The lowest BCUT2D eigenvalue weighted by Gasteiger charge is -2.27. The van der Waals surface area contributed by atoms with Crippen molar-refractivity contribution >= 4 is 0 Å². The molecule has 2 fully saturated rings. The summed E-state index contributed by atoms with van der Waals surface area (Å²) >= 11 is 0. The van der Waals surface area contributed by atoms with Gasteiger partial charge >= 0.3 is 0 Å². The molecule has 0 aromatic carbocycles. The molecular formula is C16H23NO2. The van der Waals surface area contributed by atoms with Gasteiger partial charge in [0.2, 0.25) is 0 Å². The van der Waals surface area contributed by atoms with Gasteiger partial charge in [-0.25, -0.2) is 0 Å². The molecule has 1 aromatic heterocycles. The number of ether oxygens (including phenoxy) is 1. The number of aromatic nitrogens is 1. The van der Waals surface area contributed by atoms with Crippen molar-refractivity contribution in [3.8, 4) is 5.75 Å². The van der Waals surface area contributed by atoms with Crippen molar-refractivity contribution in [1.29, 1.82) is 0 Å². The lowest BCUT2D eigenvalue weighted by atomic mass is 9.82. The summed E-state index contributed by atoms with van der Waals surface area (Å²) in [5, 5.41) is 10.6. The monoisotopic (exact) mass is 261 g/mol. The molecule has 2 saturated carbocycles. The average molecular weight is 261 g/mol. The molecule has 3 nitrogen and oxygen atoms in total. The predicted octanol–water partition coefficient (Wildman–Crippen LogP) is 3.34. The second-order valence-corrected chi connectivity index (χ2v) is 6.09. The highest BCUT2D eigenvalue weighted by atomic mass is 16.5. The highest BCUT2D eigenvalue weighted by molar-refractivity contribution is 5.26. The van der Waals surface area contributed by atoms with Crippen LogP contribution in [0.3, 0.4) is 0 Å². The normalized spacial score (nSPS) is 30.5. The molecular weight excluding hydrogens is 238 g/mol. The van der Waals surface area contributed by atoms with Crippen molar-refractivity contribution in [2.24, 2.45) is 17.8 Å². The molecule has 4 unspecified atom stereocenters. The quantitative estimate of drug-likeness (QED) is 0.884. The Morgan fingerprint density at radius 3 is 2.95 bits per heavy atom. The molecule has 4 atom stereocenters. The Labute approximate surface area is 115 Å². The fourth-order valence-corrected chi connectivity index (χ4v) is 3.82. The van der Waals surface area contributed by atoms with E-state index in [1.807, 2.05) is 6.07 Å². The summed E-state index contributed by atoms with van der Waals surface area (Å²) in [6, 6.07) is 1.96. The fraction of sp³-hybridized carbons (Fsp3) is 0.688. The maximum atomic E-state index is 10.6. The van der Waals surface area contributed by atoms with Crippen LogP contribution in [0.5, 0.6) is 5.75 Å². The Kier molecular flexibility index (Phi) is 3.74. The summed E-state index contributed by atoms with van der Waals surface area (Å²) in [5.74, 6) is 2.79. The maximum absolute atomic E-state index is 10.6. The minimum Gasteiger partial charge on any atom is -0.492 e. The topological polar surface area (TPSA) is 42.4 Å². The minimum atomic E-state index is -0.368. The van der Waals surface area contributed by atoms with Gasteiger partial charge in [-0.1, -0.05) is 13.3 Å².